The van der Waals surface area contributed by atoms with Gasteiger partial charge in [-0.25, -0.2) is 0 Å². The van der Waals surface area contributed by atoms with Crippen LogP contribution in [0.4, 0.5) is 11.4 Å². The number of piperazine rings is 1. The van der Waals surface area contributed by atoms with Gasteiger partial charge in [0.2, 0.25) is 12.3 Å². The summed E-state index contributed by atoms with van der Waals surface area (Å²) in [6.45, 7) is 3.72. The van der Waals surface area contributed by atoms with Crippen LogP contribution in [0.25, 0.3) is 0 Å². The zero-order valence-electron chi connectivity index (χ0n) is 10.9. The molecule has 102 valence electrons. The molecule has 0 spiro atoms. The van der Waals surface area contributed by atoms with Crippen LogP contribution in [0, 0.1) is 0 Å². The summed E-state index contributed by atoms with van der Waals surface area (Å²) in [6, 6.07) is 5.13. The monoisotopic (exact) mass is 262 g/mol. The molecule has 0 radical (unpaired) electrons. The van der Waals surface area contributed by atoms with E-state index in [2.05, 4.69) is 22.2 Å². The Morgan fingerprint density at radius 1 is 1.32 bits per heavy atom. The highest BCUT2D eigenvalue weighted by Gasteiger charge is 2.17. The van der Waals surface area contributed by atoms with Crippen molar-refractivity contribution in [2.75, 3.05) is 43.4 Å². The van der Waals surface area contributed by atoms with E-state index in [1.807, 2.05) is 6.07 Å². The third-order valence-corrected chi connectivity index (χ3v) is 3.34. The molecule has 1 aromatic rings. The van der Waals surface area contributed by atoms with E-state index in [9.17, 15) is 9.59 Å². The number of primary amides is 1. The van der Waals surface area contributed by atoms with Crippen LogP contribution in [0.1, 0.15) is 10.4 Å². The number of hydrogen-bond donors (Lipinski definition) is 2. The average molecular weight is 262 g/mol. The molecule has 6 heteroatoms. The van der Waals surface area contributed by atoms with Crippen LogP contribution in [0.3, 0.4) is 0 Å². The van der Waals surface area contributed by atoms with Gasteiger partial charge in [-0.05, 0) is 25.2 Å². The Kier molecular flexibility index (Phi) is 4.01. The predicted octanol–water partition coefficient (Wildman–Crippen LogP) is 0.106. The van der Waals surface area contributed by atoms with Gasteiger partial charge in [0, 0.05) is 31.7 Å². The van der Waals surface area contributed by atoms with E-state index >= 15 is 0 Å². The van der Waals surface area contributed by atoms with Gasteiger partial charge in [-0.15, -0.1) is 0 Å². The lowest BCUT2D eigenvalue weighted by Gasteiger charge is -2.35. The molecule has 1 aromatic carbocycles. The number of nitrogens with zero attached hydrogens (tertiary/aromatic N) is 2. The van der Waals surface area contributed by atoms with Crippen LogP contribution in [0.5, 0.6) is 0 Å². The summed E-state index contributed by atoms with van der Waals surface area (Å²) in [5, 5.41) is 2.64. The Labute approximate surface area is 112 Å². The third kappa shape index (κ3) is 3.03. The van der Waals surface area contributed by atoms with Crippen molar-refractivity contribution in [3.8, 4) is 0 Å². The maximum atomic E-state index is 11.2. The second-order valence-corrected chi connectivity index (χ2v) is 4.65. The molecule has 6 nitrogen and oxygen atoms in total. The molecule has 0 saturated carbocycles. The Morgan fingerprint density at radius 2 is 2.00 bits per heavy atom. The van der Waals surface area contributed by atoms with Gasteiger partial charge in [0.05, 0.1) is 11.4 Å². The first-order valence-electron chi connectivity index (χ1n) is 6.19. The van der Waals surface area contributed by atoms with Crippen LogP contribution in [-0.2, 0) is 4.79 Å². The van der Waals surface area contributed by atoms with E-state index in [0.717, 1.165) is 31.9 Å². The van der Waals surface area contributed by atoms with Crippen LogP contribution >= 0.6 is 0 Å². The molecule has 19 heavy (non-hydrogen) atoms. The van der Waals surface area contributed by atoms with Crippen molar-refractivity contribution in [2.45, 2.75) is 0 Å². The number of likely N-dealkylation sites (N-methyl/N-ethyl adjacent to an activating group) is 1. The van der Waals surface area contributed by atoms with Crippen molar-refractivity contribution in [1.29, 1.82) is 0 Å². The van der Waals surface area contributed by atoms with Gasteiger partial charge in [0.1, 0.15) is 0 Å². The normalized spacial score (nSPS) is 16.2. The summed E-state index contributed by atoms with van der Waals surface area (Å²) in [6.07, 6.45) is 0.611. The van der Waals surface area contributed by atoms with E-state index in [4.69, 9.17) is 5.73 Å². The molecule has 0 atom stereocenters. The molecule has 0 bridgehead atoms. The van der Waals surface area contributed by atoms with E-state index in [-0.39, 0.29) is 0 Å². The topological polar surface area (TPSA) is 78.7 Å². The summed E-state index contributed by atoms with van der Waals surface area (Å²) < 4.78 is 0. The van der Waals surface area contributed by atoms with E-state index in [0.29, 0.717) is 17.7 Å². The van der Waals surface area contributed by atoms with Crippen molar-refractivity contribution >= 4 is 23.7 Å². The molecule has 0 aliphatic carbocycles. The molecule has 0 unspecified atom stereocenters. The highest BCUT2D eigenvalue weighted by molar-refractivity contribution is 5.96. The number of benzene rings is 1. The zero-order chi connectivity index (χ0) is 13.8. The van der Waals surface area contributed by atoms with Crippen LogP contribution in [0.2, 0.25) is 0 Å². The molecule has 1 aliphatic heterocycles. The summed E-state index contributed by atoms with van der Waals surface area (Å²) in [5.74, 6) is -0.501. The van der Waals surface area contributed by atoms with Crippen LogP contribution in [-0.4, -0.2) is 50.4 Å². The Morgan fingerprint density at radius 3 is 2.58 bits per heavy atom. The summed E-state index contributed by atoms with van der Waals surface area (Å²) in [4.78, 5) is 26.3. The largest absolute Gasteiger partial charge is 0.367 e. The number of nitrogens with two attached hydrogens (primary N) is 1. The fourth-order valence-electron chi connectivity index (χ4n) is 2.19. The first kappa shape index (κ1) is 13.4. The molecular weight excluding hydrogens is 244 g/mol. The standard InChI is InChI=1S/C13H18N4O2/c1-16-4-6-17(7-5-16)12-3-2-10(13(14)19)8-11(12)15-9-18/h2-3,8-9H,4-7H2,1H3,(H2,14,19)(H,15,18). The fourth-order valence-corrected chi connectivity index (χ4v) is 2.19. The third-order valence-electron chi connectivity index (χ3n) is 3.34. The average Bonchev–Trinajstić information content (AvgIpc) is 2.40. The zero-order valence-corrected chi connectivity index (χ0v) is 10.9. The number of nitrogens with one attached hydrogen (secondary N) is 1. The molecule has 1 heterocycles. The second-order valence-electron chi connectivity index (χ2n) is 4.65. The Bertz CT molecular complexity index is 482. The molecule has 1 fully saturated rings. The molecular formula is C13H18N4O2. The van der Waals surface area contributed by atoms with Gasteiger partial charge in [-0.3, -0.25) is 9.59 Å². The summed E-state index contributed by atoms with van der Waals surface area (Å²) in [7, 11) is 2.08. The molecule has 1 saturated heterocycles. The smallest absolute Gasteiger partial charge is 0.248 e. The van der Waals surface area contributed by atoms with Gasteiger partial charge in [0.25, 0.3) is 0 Å². The first-order valence-corrected chi connectivity index (χ1v) is 6.19. The van der Waals surface area contributed by atoms with Crippen LogP contribution in [0.15, 0.2) is 18.2 Å². The van der Waals surface area contributed by atoms with Crippen molar-refractivity contribution in [2.24, 2.45) is 5.73 Å². The number of carbonyl (C=O) groups excluding carboxylic acids is 2. The lowest BCUT2D eigenvalue weighted by Crippen LogP contribution is -2.44. The minimum atomic E-state index is -0.501. The minimum absolute atomic E-state index is 0.391. The number of amides is 2. The fraction of sp³-hybridized carbons (Fsp3) is 0.385. The SMILES string of the molecule is CN1CCN(c2ccc(C(N)=O)cc2NC=O)CC1. The van der Waals surface area contributed by atoms with Gasteiger partial charge in [0.15, 0.2) is 0 Å². The lowest BCUT2D eigenvalue weighted by molar-refractivity contribution is -0.105. The van der Waals surface area contributed by atoms with E-state index < -0.39 is 5.91 Å². The molecule has 2 rings (SSSR count). The highest BCUT2D eigenvalue weighted by Crippen LogP contribution is 2.27. The van der Waals surface area contributed by atoms with Gasteiger partial charge >= 0.3 is 0 Å². The van der Waals surface area contributed by atoms with E-state index in [1.54, 1.807) is 12.1 Å². The van der Waals surface area contributed by atoms with Gasteiger partial charge in [-0.2, -0.15) is 0 Å². The van der Waals surface area contributed by atoms with Crippen molar-refractivity contribution < 1.29 is 9.59 Å². The molecule has 1 aliphatic rings. The lowest BCUT2D eigenvalue weighted by atomic mass is 10.1. The predicted molar refractivity (Wildman–Crippen MR) is 74.4 cm³/mol. The van der Waals surface area contributed by atoms with E-state index in [1.165, 1.54) is 0 Å². The second kappa shape index (κ2) is 5.71. The Hall–Kier alpha value is -2.08. The maximum absolute atomic E-state index is 11.2. The molecule has 3 N–H and O–H groups in total. The number of anilines is 2. The number of rotatable bonds is 4. The quantitative estimate of drug-likeness (QED) is 0.755. The Balaban J connectivity index is 2.28. The highest BCUT2D eigenvalue weighted by atomic mass is 16.1. The summed E-state index contributed by atoms with van der Waals surface area (Å²) in [5.41, 5.74) is 7.18. The minimum Gasteiger partial charge on any atom is -0.367 e. The number of carbonyl (C=O) groups is 2. The van der Waals surface area contributed by atoms with Crippen molar-refractivity contribution in [3.05, 3.63) is 23.8 Å². The van der Waals surface area contributed by atoms with Gasteiger partial charge in [-0.1, -0.05) is 0 Å². The van der Waals surface area contributed by atoms with Crippen molar-refractivity contribution in [3.63, 3.8) is 0 Å². The molecule has 2 amide bonds. The van der Waals surface area contributed by atoms with Crippen LogP contribution < -0.4 is 16.0 Å². The van der Waals surface area contributed by atoms with Gasteiger partial charge < -0.3 is 20.9 Å². The first-order chi connectivity index (χ1) is 9.11. The molecule has 0 aromatic heterocycles. The number of hydrogen-bond acceptors (Lipinski definition) is 4. The maximum Gasteiger partial charge on any atom is 0.248 e. The summed E-state index contributed by atoms with van der Waals surface area (Å²) >= 11 is 0. The van der Waals surface area contributed by atoms with Crippen molar-refractivity contribution in [1.82, 2.24) is 4.90 Å².